The van der Waals surface area contributed by atoms with E-state index in [0.717, 1.165) is 6.54 Å². The molecule has 0 amide bonds. The Morgan fingerprint density at radius 2 is 2.30 bits per heavy atom. The fraction of sp³-hybridized carbons (Fsp3) is 0.643. The number of aliphatic hydroxyl groups excluding tert-OH is 1. The average Bonchev–Trinajstić information content (AvgIpc) is 2.94. The molecule has 2 rings (SSSR count). The highest BCUT2D eigenvalue weighted by Gasteiger charge is 2.30. The van der Waals surface area contributed by atoms with Crippen molar-refractivity contribution in [3.8, 4) is 0 Å². The van der Waals surface area contributed by atoms with E-state index in [1.807, 2.05) is 13.8 Å². The van der Waals surface area contributed by atoms with Crippen molar-refractivity contribution in [2.24, 2.45) is 0 Å². The van der Waals surface area contributed by atoms with Crippen molar-refractivity contribution in [3.63, 3.8) is 0 Å². The topological polar surface area (TPSA) is 72.1 Å². The second-order valence-corrected chi connectivity index (χ2v) is 5.07. The summed E-state index contributed by atoms with van der Waals surface area (Å²) in [4.78, 5) is 13.6. The molecule has 3 unspecified atom stereocenters. The highest BCUT2D eigenvalue weighted by atomic mass is 16.5. The number of nitrogens with zero attached hydrogens (tertiary/aromatic N) is 1. The zero-order valence-electron chi connectivity index (χ0n) is 12.0. The molecule has 2 heterocycles. The monoisotopic (exact) mass is 283 g/mol. The van der Waals surface area contributed by atoms with E-state index < -0.39 is 5.97 Å². The highest BCUT2D eigenvalue weighted by Crippen LogP contribution is 2.26. The van der Waals surface area contributed by atoms with Gasteiger partial charge in [-0.2, -0.15) is 0 Å². The van der Waals surface area contributed by atoms with Gasteiger partial charge in [0.15, 0.2) is 0 Å². The van der Waals surface area contributed by atoms with E-state index in [1.54, 1.807) is 12.1 Å². The molecule has 6 heteroatoms. The van der Waals surface area contributed by atoms with Crippen LogP contribution in [0.5, 0.6) is 0 Å². The summed E-state index contributed by atoms with van der Waals surface area (Å²) in [5.41, 5.74) is 0. The Bertz CT molecular complexity index is 458. The first-order chi connectivity index (χ1) is 9.55. The molecule has 0 aliphatic carbocycles. The standard InChI is InChI=1S/C14H21NO5/c1-9-6-15(7-11(8-16)19-9)10(2)12-4-5-13(20-12)14(17)18-3/h4-5,9-11,16H,6-8H2,1-3H3. The van der Waals surface area contributed by atoms with Gasteiger partial charge in [0.05, 0.1) is 32.0 Å². The van der Waals surface area contributed by atoms with Gasteiger partial charge in [-0.3, -0.25) is 4.90 Å². The Kier molecular flexibility index (Phi) is 4.80. The fourth-order valence-corrected chi connectivity index (χ4v) is 2.47. The van der Waals surface area contributed by atoms with Gasteiger partial charge in [0.25, 0.3) is 0 Å². The number of furan rings is 1. The van der Waals surface area contributed by atoms with Gasteiger partial charge >= 0.3 is 5.97 Å². The molecule has 0 radical (unpaired) electrons. The lowest BCUT2D eigenvalue weighted by Gasteiger charge is -2.38. The third-order valence-corrected chi connectivity index (χ3v) is 3.53. The number of methoxy groups -OCH3 is 1. The number of morpholine rings is 1. The van der Waals surface area contributed by atoms with Gasteiger partial charge in [0, 0.05) is 13.1 Å². The zero-order valence-corrected chi connectivity index (χ0v) is 12.0. The first-order valence-electron chi connectivity index (χ1n) is 6.73. The van der Waals surface area contributed by atoms with Gasteiger partial charge in [0.1, 0.15) is 5.76 Å². The Labute approximate surface area is 118 Å². The molecule has 1 aromatic heterocycles. The molecule has 1 aromatic rings. The maximum atomic E-state index is 11.4. The molecule has 0 spiro atoms. The van der Waals surface area contributed by atoms with Crippen molar-refractivity contribution in [1.82, 2.24) is 4.90 Å². The van der Waals surface area contributed by atoms with Crippen LogP contribution in [0.15, 0.2) is 16.5 Å². The van der Waals surface area contributed by atoms with Crippen LogP contribution in [0.3, 0.4) is 0 Å². The molecule has 0 bridgehead atoms. The first-order valence-corrected chi connectivity index (χ1v) is 6.73. The highest BCUT2D eigenvalue weighted by molar-refractivity contribution is 5.86. The predicted molar refractivity (Wildman–Crippen MR) is 71.5 cm³/mol. The maximum absolute atomic E-state index is 11.4. The van der Waals surface area contributed by atoms with Crippen LogP contribution in [-0.4, -0.2) is 55.0 Å². The van der Waals surface area contributed by atoms with Gasteiger partial charge in [-0.15, -0.1) is 0 Å². The SMILES string of the molecule is COC(=O)c1ccc(C(C)N2CC(C)OC(CO)C2)o1. The molecule has 1 aliphatic heterocycles. The minimum atomic E-state index is -0.480. The van der Waals surface area contributed by atoms with E-state index in [9.17, 15) is 9.90 Å². The number of ether oxygens (including phenoxy) is 2. The van der Waals surface area contributed by atoms with Crippen LogP contribution < -0.4 is 0 Å². The summed E-state index contributed by atoms with van der Waals surface area (Å²) in [6.45, 7) is 5.37. The molecule has 112 valence electrons. The molecule has 1 fully saturated rings. The average molecular weight is 283 g/mol. The number of hydrogen-bond donors (Lipinski definition) is 1. The summed E-state index contributed by atoms with van der Waals surface area (Å²) < 4.78 is 15.8. The third kappa shape index (κ3) is 3.20. The van der Waals surface area contributed by atoms with E-state index in [1.165, 1.54) is 7.11 Å². The van der Waals surface area contributed by atoms with E-state index in [0.29, 0.717) is 12.3 Å². The number of esters is 1. The van der Waals surface area contributed by atoms with Crippen molar-refractivity contribution >= 4 is 5.97 Å². The Balaban J connectivity index is 2.08. The van der Waals surface area contributed by atoms with Crippen LogP contribution >= 0.6 is 0 Å². The lowest BCUT2D eigenvalue weighted by molar-refractivity contribution is -0.106. The molecule has 0 aromatic carbocycles. The van der Waals surface area contributed by atoms with Gasteiger partial charge in [-0.05, 0) is 26.0 Å². The zero-order chi connectivity index (χ0) is 14.7. The molecule has 20 heavy (non-hydrogen) atoms. The summed E-state index contributed by atoms with van der Waals surface area (Å²) in [5, 5.41) is 9.25. The second-order valence-electron chi connectivity index (χ2n) is 5.07. The van der Waals surface area contributed by atoms with Crippen molar-refractivity contribution in [1.29, 1.82) is 0 Å². The summed E-state index contributed by atoms with van der Waals surface area (Å²) in [5.74, 6) is 0.428. The lowest BCUT2D eigenvalue weighted by atomic mass is 10.1. The Morgan fingerprint density at radius 1 is 1.55 bits per heavy atom. The molecular weight excluding hydrogens is 262 g/mol. The number of rotatable bonds is 4. The summed E-state index contributed by atoms with van der Waals surface area (Å²) in [7, 11) is 1.32. The minimum absolute atomic E-state index is 0.000868. The molecule has 1 aliphatic rings. The van der Waals surface area contributed by atoms with Crippen LogP contribution in [0.1, 0.15) is 36.2 Å². The molecule has 1 saturated heterocycles. The number of carbonyl (C=O) groups excluding carboxylic acids is 1. The van der Waals surface area contributed by atoms with Gasteiger partial charge in [0.2, 0.25) is 5.76 Å². The van der Waals surface area contributed by atoms with Crippen LogP contribution in [0.2, 0.25) is 0 Å². The van der Waals surface area contributed by atoms with E-state index in [-0.39, 0.29) is 30.6 Å². The second kappa shape index (κ2) is 6.39. The van der Waals surface area contributed by atoms with Gasteiger partial charge in [-0.25, -0.2) is 4.79 Å². The Morgan fingerprint density at radius 3 is 2.95 bits per heavy atom. The van der Waals surface area contributed by atoms with Crippen LogP contribution in [0.4, 0.5) is 0 Å². The summed E-state index contributed by atoms with van der Waals surface area (Å²) >= 11 is 0. The fourth-order valence-electron chi connectivity index (χ4n) is 2.47. The minimum Gasteiger partial charge on any atom is -0.463 e. The van der Waals surface area contributed by atoms with Crippen LogP contribution in [0, 0.1) is 0 Å². The lowest BCUT2D eigenvalue weighted by Crippen LogP contribution is -2.48. The van der Waals surface area contributed by atoms with Crippen molar-refractivity contribution in [3.05, 3.63) is 23.7 Å². The van der Waals surface area contributed by atoms with Crippen molar-refractivity contribution in [2.45, 2.75) is 32.1 Å². The van der Waals surface area contributed by atoms with Crippen molar-refractivity contribution in [2.75, 3.05) is 26.8 Å². The normalized spacial score (nSPS) is 25.4. The summed E-state index contributed by atoms with van der Waals surface area (Å²) in [6, 6.07) is 3.41. The molecule has 3 atom stereocenters. The van der Waals surface area contributed by atoms with E-state index in [2.05, 4.69) is 9.64 Å². The number of carbonyl (C=O) groups is 1. The smallest absolute Gasteiger partial charge is 0.373 e. The predicted octanol–water partition coefficient (Wildman–Crippen LogP) is 1.21. The summed E-state index contributed by atoms with van der Waals surface area (Å²) in [6.07, 6.45) is -0.130. The van der Waals surface area contributed by atoms with E-state index in [4.69, 9.17) is 9.15 Å². The molecule has 1 N–H and O–H groups in total. The Hall–Kier alpha value is -1.37. The maximum Gasteiger partial charge on any atom is 0.373 e. The van der Waals surface area contributed by atoms with Crippen molar-refractivity contribution < 1.29 is 23.8 Å². The first kappa shape index (κ1) is 15.0. The molecule has 0 saturated carbocycles. The quantitative estimate of drug-likeness (QED) is 0.837. The van der Waals surface area contributed by atoms with Crippen LogP contribution in [0.25, 0.3) is 0 Å². The van der Waals surface area contributed by atoms with E-state index >= 15 is 0 Å². The van der Waals surface area contributed by atoms with Crippen LogP contribution in [-0.2, 0) is 9.47 Å². The third-order valence-electron chi connectivity index (χ3n) is 3.53. The number of aliphatic hydroxyl groups is 1. The van der Waals surface area contributed by atoms with Gasteiger partial charge < -0.3 is 19.0 Å². The molecular formula is C14H21NO5. The number of hydrogen-bond acceptors (Lipinski definition) is 6. The molecule has 6 nitrogen and oxygen atoms in total. The van der Waals surface area contributed by atoms with Gasteiger partial charge in [-0.1, -0.05) is 0 Å². The largest absolute Gasteiger partial charge is 0.463 e.